The molecule has 1 aliphatic rings. The first kappa shape index (κ1) is 21.4. The number of piperidine rings is 1. The van der Waals surface area contributed by atoms with E-state index in [1.54, 1.807) is 18.5 Å². The molecule has 6 nitrogen and oxygen atoms in total. The number of rotatable bonds is 6. The van der Waals surface area contributed by atoms with Crippen molar-refractivity contribution in [2.24, 2.45) is 10.7 Å². The maximum atomic E-state index is 13.7. The van der Waals surface area contributed by atoms with Crippen molar-refractivity contribution in [3.05, 3.63) is 57.6 Å². The van der Waals surface area contributed by atoms with Crippen molar-refractivity contribution < 1.29 is 9.13 Å². The molecule has 1 saturated heterocycles. The van der Waals surface area contributed by atoms with Gasteiger partial charge >= 0.3 is 0 Å². The minimum atomic E-state index is -0.572. The molecule has 1 fully saturated rings. The van der Waals surface area contributed by atoms with E-state index < -0.39 is 5.82 Å². The van der Waals surface area contributed by atoms with Gasteiger partial charge in [-0.05, 0) is 44.1 Å². The molecule has 154 valence electrons. The first-order valence-electron chi connectivity index (χ1n) is 9.16. The summed E-state index contributed by atoms with van der Waals surface area (Å²) in [6.07, 6.45) is 6.77. The van der Waals surface area contributed by atoms with E-state index in [2.05, 4.69) is 15.3 Å². The number of aromatic nitrogens is 1. The van der Waals surface area contributed by atoms with Crippen molar-refractivity contribution in [3.63, 3.8) is 0 Å². The van der Waals surface area contributed by atoms with Gasteiger partial charge in [0, 0.05) is 40.3 Å². The zero-order chi connectivity index (χ0) is 20.8. The van der Waals surface area contributed by atoms with Gasteiger partial charge in [0.15, 0.2) is 11.6 Å². The third-order valence-electron chi connectivity index (χ3n) is 4.64. The Kier molecular flexibility index (Phi) is 7.30. The highest BCUT2D eigenvalue weighted by Gasteiger charge is 2.14. The van der Waals surface area contributed by atoms with E-state index in [0.717, 1.165) is 25.9 Å². The largest absolute Gasteiger partial charge is 0.485 e. The van der Waals surface area contributed by atoms with Crippen LogP contribution in [0.5, 0.6) is 5.75 Å². The number of hydrogen-bond donors (Lipinski definition) is 3. The van der Waals surface area contributed by atoms with Crippen LogP contribution < -0.4 is 21.5 Å². The summed E-state index contributed by atoms with van der Waals surface area (Å²) in [6.45, 7) is 1.85. The highest BCUT2D eigenvalue weighted by molar-refractivity contribution is 6.36. The number of benzene rings is 1. The van der Waals surface area contributed by atoms with Crippen LogP contribution in [0.4, 0.5) is 10.2 Å². The van der Waals surface area contributed by atoms with Gasteiger partial charge in [0.1, 0.15) is 12.4 Å². The smallest absolute Gasteiger partial charge is 0.166 e. The summed E-state index contributed by atoms with van der Waals surface area (Å²) >= 11 is 12.1. The van der Waals surface area contributed by atoms with Gasteiger partial charge in [-0.2, -0.15) is 0 Å². The van der Waals surface area contributed by atoms with Crippen molar-refractivity contribution in [3.8, 4) is 5.75 Å². The summed E-state index contributed by atoms with van der Waals surface area (Å²) < 4.78 is 19.4. The van der Waals surface area contributed by atoms with Gasteiger partial charge in [0.2, 0.25) is 0 Å². The maximum absolute atomic E-state index is 13.7. The van der Waals surface area contributed by atoms with Crippen LogP contribution in [0.1, 0.15) is 24.0 Å². The van der Waals surface area contributed by atoms with Crippen molar-refractivity contribution in [1.82, 2.24) is 10.3 Å². The second kappa shape index (κ2) is 9.91. The average molecular weight is 438 g/mol. The van der Waals surface area contributed by atoms with E-state index in [4.69, 9.17) is 39.4 Å². The van der Waals surface area contributed by atoms with Crippen molar-refractivity contribution in [2.45, 2.75) is 25.5 Å². The summed E-state index contributed by atoms with van der Waals surface area (Å²) in [6, 6.07) is 4.59. The number of nitrogens with one attached hydrogen (secondary N) is 1. The fourth-order valence-corrected chi connectivity index (χ4v) is 3.41. The monoisotopic (exact) mass is 437 g/mol. The molecule has 2 heterocycles. The Labute approximate surface area is 178 Å². The number of nitrogen functional groups attached to an aromatic ring is 1. The number of pyridine rings is 1. The summed E-state index contributed by atoms with van der Waals surface area (Å²) in [5.74, 6) is -0.0745. The summed E-state index contributed by atoms with van der Waals surface area (Å²) in [4.78, 5) is 8.78. The molecule has 29 heavy (non-hydrogen) atoms. The van der Waals surface area contributed by atoms with E-state index in [-0.39, 0.29) is 23.5 Å². The van der Waals surface area contributed by atoms with Gasteiger partial charge in [-0.1, -0.05) is 23.2 Å². The van der Waals surface area contributed by atoms with E-state index in [0.29, 0.717) is 27.5 Å². The normalized spacial score (nSPS) is 15.8. The van der Waals surface area contributed by atoms with Gasteiger partial charge in [0.25, 0.3) is 0 Å². The van der Waals surface area contributed by atoms with E-state index in [1.807, 2.05) is 0 Å². The number of aliphatic imine (C=N–C) groups is 1. The molecule has 0 saturated carbocycles. The van der Waals surface area contributed by atoms with E-state index in [9.17, 15) is 4.39 Å². The number of hydrogen-bond acceptors (Lipinski definition) is 6. The lowest BCUT2D eigenvalue weighted by molar-refractivity contribution is 0.306. The molecule has 0 atom stereocenters. The van der Waals surface area contributed by atoms with Crippen LogP contribution in [-0.4, -0.2) is 30.3 Å². The molecule has 0 bridgehead atoms. The van der Waals surface area contributed by atoms with Gasteiger partial charge < -0.3 is 21.5 Å². The Bertz CT molecular complexity index is 929. The highest BCUT2D eigenvalue weighted by Crippen LogP contribution is 2.30. The van der Waals surface area contributed by atoms with Crippen LogP contribution in [-0.2, 0) is 6.61 Å². The molecule has 0 radical (unpaired) electrons. The Morgan fingerprint density at radius 2 is 2.10 bits per heavy atom. The molecule has 9 heteroatoms. The number of nitrogens with two attached hydrogens (primary N) is 2. The number of anilines is 1. The van der Waals surface area contributed by atoms with Crippen LogP contribution in [0.25, 0.3) is 5.57 Å². The van der Waals surface area contributed by atoms with Crippen molar-refractivity contribution >= 4 is 40.8 Å². The van der Waals surface area contributed by atoms with Crippen molar-refractivity contribution in [2.75, 3.05) is 18.8 Å². The lowest BCUT2D eigenvalue weighted by Gasteiger charge is -2.18. The fraction of sp³-hybridized carbons (Fsp3) is 0.300. The van der Waals surface area contributed by atoms with Crippen LogP contribution in [0.3, 0.4) is 0 Å². The van der Waals surface area contributed by atoms with Crippen LogP contribution in [0.15, 0.2) is 35.6 Å². The average Bonchev–Trinajstić information content (AvgIpc) is 2.74. The second-order valence-corrected chi connectivity index (χ2v) is 7.38. The Morgan fingerprint density at radius 3 is 2.83 bits per heavy atom. The van der Waals surface area contributed by atoms with Crippen molar-refractivity contribution in [1.29, 1.82) is 0 Å². The highest BCUT2D eigenvalue weighted by atomic mass is 35.5. The molecule has 3 rings (SSSR count). The molecule has 0 unspecified atom stereocenters. The lowest BCUT2D eigenvalue weighted by Crippen LogP contribution is -2.29. The third-order valence-corrected chi connectivity index (χ3v) is 5.40. The molecule has 0 aliphatic carbocycles. The van der Waals surface area contributed by atoms with Gasteiger partial charge in [-0.3, -0.25) is 4.99 Å². The Balaban J connectivity index is 1.77. The molecule has 1 aliphatic heterocycles. The standard InChI is InChI=1S/C20H22Cl2FN5O/c21-16-1-2-17(23)19(22)15(16)11-29-18-7-12(9-28-20(18)25)13(8-24)10-27-14-3-5-26-6-4-14/h1-2,7-10,14,26H,3-6,11,24H2,(H2,25,28)/b13-8+,27-10?. The number of halogens is 3. The molecular formula is C20H22Cl2FN5O. The molecule has 0 spiro atoms. The number of ether oxygens (including phenoxy) is 1. The molecule has 2 aromatic rings. The van der Waals surface area contributed by atoms with Crippen LogP contribution in [0.2, 0.25) is 10.0 Å². The van der Waals surface area contributed by atoms with Gasteiger partial charge in [0.05, 0.1) is 11.1 Å². The first-order valence-corrected chi connectivity index (χ1v) is 9.92. The van der Waals surface area contributed by atoms with Gasteiger partial charge in [-0.25, -0.2) is 9.37 Å². The molecular weight excluding hydrogens is 416 g/mol. The zero-order valence-corrected chi connectivity index (χ0v) is 17.2. The Hall–Kier alpha value is -2.35. The SMILES string of the molecule is N/C=C(\C=NC1CCNCC1)c1cnc(N)c(OCc2c(Cl)ccc(F)c2Cl)c1. The zero-order valence-electron chi connectivity index (χ0n) is 15.7. The fourth-order valence-electron chi connectivity index (χ4n) is 2.94. The molecule has 5 N–H and O–H groups in total. The third kappa shape index (κ3) is 5.38. The van der Waals surface area contributed by atoms with Crippen LogP contribution in [0, 0.1) is 5.82 Å². The number of nitrogens with zero attached hydrogens (tertiary/aromatic N) is 2. The van der Waals surface area contributed by atoms with E-state index >= 15 is 0 Å². The maximum Gasteiger partial charge on any atom is 0.166 e. The quantitative estimate of drug-likeness (QED) is 0.471. The predicted octanol–water partition coefficient (Wildman–Crippen LogP) is 3.81. The second-order valence-electron chi connectivity index (χ2n) is 6.60. The van der Waals surface area contributed by atoms with Crippen LogP contribution >= 0.6 is 23.2 Å². The topological polar surface area (TPSA) is 98.5 Å². The summed E-state index contributed by atoms with van der Waals surface area (Å²) in [7, 11) is 0. The first-order chi connectivity index (χ1) is 14.0. The molecule has 0 amide bonds. The Morgan fingerprint density at radius 1 is 1.34 bits per heavy atom. The molecule has 1 aromatic carbocycles. The summed E-state index contributed by atoms with van der Waals surface area (Å²) in [5, 5.41) is 3.52. The van der Waals surface area contributed by atoms with E-state index in [1.165, 1.54) is 18.3 Å². The lowest BCUT2D eigenvalue weighted by atomic mass is 10.1. The predicted molar refractivity (Wildman–Crippen MR) is 116 cm³/mol. The number of allylic oxidation sites excluding steroid dienone is 1. The minimum absolute atomic E-state index is 0.0599. The summed E-state index contributed by atoms with van der Waals surface area (Å²) in [5.41, 5.74) is 13.4. The molecule has 1 aromatic heterocycles. The minimum Gasteiger partial charge on any atom is -0.485 e. The van der Waals surface area contributed by atoms with Gasteiger partial charge in [-0.15, -0.1) is 0 Å².